The van der Waals surface area contributed by atoms with Crippen molar-refractivity contribution < 1.29 is 17.5 Å². The maximum atomic E-state index is 12.2. The quantitative estimate of drug-likeness (QED) is 0.449. The highest BCUT2D eigenvalue weighted by Crippen LogP contribution is 2.20. The lowest BCUT2D eigenvalue weighted by Gasteiger charge is -2.13. The van der Waals surface area contributed by atoms with E-state index in [1.807, 2.05) is 0 Å². The first-order valence-corrected chi connectivity index (χ1v) is 8.49. The summed E-state index contributed by atoms with van der Waals surface area (Å²) in [6.45, 7) is 1.64. The molecule has 0 radical (unpaired) electrons. The van der Waals surface area contributed by atoms with Gasteiger partial charge in [0.25, 0.3) is 15.8 Å². The van der Waals surface area contributed by atoms with Crippen LogP contribution in [0.2, 0.25) is 5.02 Å². The molecule has 0 aliphatic rings. The van der Waals surface area contributed by atoms with Crippen LogP contribution in [0.1, 0.15) is 12.5 Å². The Kier molecular flexibility index (Phi) is 5.35. The van der Waals surface area contributed by atoms with E-state index in [9.17, 15) is 18.5 Å². The molecule has 0 spiro atoms. The fourth-order valence-electron chi connectivity index (χ4n) is 1.99. The Labute approximate surface area is 138 Å². The molecular weight excluding hydrogens is 342 g/mol. The molecule has 2 aromatic rings. The summed E-state index contributed by atoms with van der Waals surface area (Å²) in [5.74, 6) is 0. The molecule has 2 aromatic carbocycles. The Morgan fingerprint density at radius 3 is 2.22 bits per heavy atom. The Hall–Kier alpha value is -1.96. The molecular formula is C15H14ClNO5S. The Balaban J connectivity index is 2.07. The molecule has 1 unspecified atom stereocenters. The average molecular weight is 356 g/mol. The molecule has 0 amide bonds. The van der Waals surface area contributed by atoms with Crippen LogP contribution in [0.4, 0.5) is 5.69 Å². The zero-order chi connectivity index (χ0) is 17.0. The van der Waals surface area contributed by atoms with Crippen LogP contribution < -0.4 is 0 Å². The predicted octanol–water partition coefficient (Wildman–Crippen LogP) is 3.58. The van der Waals surface area contributed by atoms with E-state index in [-0.39, 0.29) is 10.6 Å². The summed E-state index contributed by atoms with van der Waals surface area (Å²) >= 11 is 5.79. The van der Waals surface area contributed by atoms with E-state index in [1.165, 1.54) is 0 Å². The van der Waals surface area contributed by atoms with Gasteiger partial charge in [-0.2, -0.15) is 8.42 Å². The van der Waals surface area contributed by atoms with Crippen molar-refractivity contribution >= 4 is 27.4 Å². The molecule has 0 bridgehead atoms. The summed E-state index contributed by atoms with van der Waals surface area (Å²) in [4.78, 5) is 9.87. The lowest BCUT2D eigenvalue weighted by Crippen LogP contribution is -2.18. The van der Waals surface area contributed by atoms with Crippen molar-refractivity contribution in [3.8, 4) is 0 Å². The van der Waals surface area contributed by atoms with Crippen molar-refractivity contribution in [2.45, 2.75) is 24.3 Å². The van der Waals surface area contributed by atoms with E-state index < -0.39 is 21.1 Å². The molecule has 0 saturated carbocycles. The molecule has 0 aliphatic carbocycles. The first kappa shape index (κ1) is 17.4. The van der Waals surface area contributed by atoms with E-state index >= 15 is 0 Å². The van der Waals surface area contributed by atoms with Crippen molar-refractivity contribution in [2.24, 2.45) is 0 Å². The summed E-state index contributed by atoms with van der Waals surface area (Å²) in [5.41, 5.74) is 0.707. The van der Waals surface area contributed by atoms with Gasteiger partial charge >= 0.3 is 0 Å². The highest BCUT2D eigenvalue weighted by molar-refractivity contribution is 7.86. The molecule has 0 N–H and O–H groups in total. The summed E-state index contributed by atoms with van der Waals surface area (Å²) in [5, 5.41) is 11.2. The van der Waals surface area contributed by atoms with Crippen LogP contribution in [0.15, 0.2) is 53.4 Å². The molecule has 0 saturated heterocycles. The van der Waals surface area contributed by atoms with Gasteiger partial charge in [-0.15, -0.1) is 0 Å². The first-order chi connectivity index (χ1) is 10.8. The number of rotatable bonds is 6. The predicted molar refractivity (Wildman–Crippen MR) is 86.0 cm³/mol. The van der Waals surface area contributed by atoms with Crippen LogP contribution in [0.3, 0.4) is 0 Å². The molecule has 8 heteroatoms. The van der Waals surface area contributed by atoms with Gasteiger partial charge < -0.3 is 0 Å². The minimum atomic E-state index is -3.98. The molecule has 0 aliphatic heterocycles. The van der Waals surface area contributed by atoms with Gasteiger partial charge in [0.05, 0.1) is 15.9 Å². The second-order valence-corrected chi connectivity index (χ2v) is 6.95. The van der Waals surface area contributed by atoms with Gasteiger partial charge in [0.15, 0.2) is 0 Å². The minimum Gasteiger partial charge on any atom is -0.263 e. The number of nitro benzene ring substituents is 1. The number of hydrogen-bond donors (Lipinski definition) is 0. The fraction of sp³-hybridized carbons (Fsp3) is 0.200. The van der Waals surface area contributed by atoms with E-state index in [1.54, 1.807) is 31.2 Å². The van der Waals surface area contributed by atoms with Gasteiger partial charge in [-0.05, 0) is 43.2 Å². The van der Waals surface area contributed by atoms with Crippen molar-refractivity contribution in [2.75, 3.05) is 0 Å². The maximum absolute atomic E-state index is 12.2. The largest absolute Gasteiger partial charge is 0.297 e. The lowest BCUT2D eigenvalue weighted by molar-refractivity contribution is -0.384. The summed E-state index contributed by atoms with van der Waals surface area (Å²) in [7, 11) is -3.98. The lowest BCUT2D eigenvalue weighted by atomic mass is 10.1. The summed E-state index contributed by atoms with van der Waals surface area (Å²) in [6, 6.07) is 11.6. The van der Waals surface area contributed by atoms with Crippen molar-refractivity contribution in [3.05, 3.63) is 69.2 Å². The van der Waals surface area contributed by atoms with Crippen molar-refractivity contribution in [1.29, 1.82) is 0 Å². The number of non-ortho nitro benzene ring substituents is 1. The SMILES string of the molecule is CC(Cc1ccc(Cl)cc1)OS(=O)(=O)c1ccc([N+](=O)[O-])cc1. The molecule has 122 valence electrons. The monoisotopic (exact) mass is 355 g/mol. The van der Waals surface area contributed by atoms with E-state index in [2.05, 4.69) is 0 Å². The highest BCUT2D eigenvalue weighted by atomic mass is 35.5. The van der Waals surface area contributed by atoms with Gasteiger partial charge in [0.1, 0.15) is 0 Å². The number of nitro groups is 1. The smallest absolute Gasteiger partial charge is 0.263 e. The third-order valence-electron chi connectivity index (χ3n) is 3.06. The highest BCUT2D eigenvalue weighted by Gasteiger charge is 2.20. The fourth-order valence-corrected chi connectivity index (χ4v) is 3.20. The first-order valence-electron chi connectivity index (χ1n) is 6.70. The normalized spacial score (nSPS) is 12.8. The number of benzene rings is 2. The standard InChI is InChI=1S/C15H14ClNO5S/c1-11(10-12-2-4-13(16)5-3-12)22-23(20,21)15-8-6-14(7-9-15)17(18)19/h2-9,11H,10H2,1H3. The molecule has 0 aromatic heterocycles. The zero-order valence-corrected chi connectivity index (χ0v) is 13.8. The molecule has 2 rings (SSSR count). The van der Waals surface area contributed by atoms with Gasteiger partial charge in [-0.1, -0.05) is 23.7 Å². The molecule has 0 fully saturated rings. The number of nitrogens with zero attached hydrogens (tertiary/aromatic N) is 1. The minimum absolute atomic E-state index is 0.119. The third-order valence-corrected chi connectivity index (χ3v) is 4.75. The third kappa shape index (κ3) is 4.75. The zero-order valence-electron chi connectivity index (χ0n) is 12.2. The van der Waals surface area contributed by atoms with Gasteiger partial charge in [0.2, 0.25) is 0 Å². The van der Waals surface area contributed by atoms with Crippen LogP contribution in [-0.4, -0.2) is 19.4 Å². The number of hydrogen-bond acceptors (Lipinski definition) is 5. The van der Waals surface area contributed by atoms with Crippen molar-refractivity contribution in [3.63, 3.8) is 0 Å². The average Bonchev–Trinajstić information content (AvgIpc) is 2.49. The summed E-state index contributed by atoms with van der Waals surface area (Å²) in [6.07, 6.45) is -0.194. The number of halogens is 1. The molecule has 6 nitrogen and oxygen atoms in total. The summed E-state index contributed by atoms with van der Waals surface area (Å²) < 4.78 is 29.4. The van der Waals surface area contributed by atoms with Gasteiger partial charge in [-0.25, -0.2) is 0 Å². The topological polar surface area (TPSA) is 86.5 Å². The van der Waals surface area contributed by atoms with Gasteiger partial charge in [-0.3, -0.25) is 14.3 Å². The van der Waals surface area contributed by atoms with E-state index in [4.69, 9.17) is 15.8 Å². The van der Waals surface area contributed by atoms with Gasteiger partial charge in [0, 0.05) is 17.2 Å². The maximum Gasteiger partial charge on any atom is 0.297 e. The Bertz CT molecular complexity index is 788. The molecule has 0 heterocycles. The van der Waals surface area contributed by atoms with Crippen LogP contribution in [-0.2, 0) is 20.7 Å². The van der Waals surface area contributed by atoms with Crippen LogP contribution in [0.25, 0.3) is 0 Å². The van der Waals surface area contributed by atoms with E-state index in [0.717, 1.165) is 29.8 Å². The second-order valence-electron chi connectivity index (χ2n) is 4.94. The van der Waals surface area contributed by atoms with Crippen LogP contribution in [0.5, 0.6) is 0 Å². The Morgan fingerprint density at radius 1 is 1.13 bits per heavy atom. The van der Waals surface area contributed by atoms with Crippen molar-refractivity contribution in [1.82, 2.24) is 0 Å². The van der Waals surface area contributed by atoms with Crippen LogP contribution in [0, 0.1) is 10.1 Å². The van der Waals surface area contributed by atoms with Crippen LogP contribution >= 0.6 is 11.6 Å². The Morgan fingerprint density at radius 2 is 1.70 bits per heavy atom. The second kappa shape index (κ2) is 7.08. The van der Waals surface area contributed by atoms with E-state index in [0.29, 0.717) is 11.4 Å². The molecule has 23 heavy (non-hydrogen) atoms. The molecule has 1 atom stereocenters.